The van der Waals surface area contributed by atoms with E-state index in [-0.39, 0.29) is 0 Å². The summed E-state index contributed by atoms with van der Waals surface area (Å²) in [6.07, 6.45) is 0. The first-order valence-corrected chi connectivity index (χ1v) is 25.0. The minimum Gasteiger partial charge on any atom is -0.309 e. The van der Waals surface area contributed by atoms with Crippen LogP contribution in [0.4, 0.5) is 0 Å². The lowest BCUT2D eigenvalue weighted by Crippen LogP contribution is -2.72. The van der Waals surface area contributed by atoms with E-state index in [0.29, 0.717) is 0 Å². The zero-order valence-electron chi connectivity index (χ0n) is 36.1. The van der Waals surface area contributed by atoms with Gasteiger partial charge in [-0.15, -0.1) is 0 Å². The molecule has 1 aromatic heterocycles. The highest BCUT2D eigenvalue weighted by Crippen LogP contribution is 2.42. The standard InChI is InChI=1S/C64H41NSi/c1-3-19-47(20-4-1)66(48-21-5-2-6-22-48)63-30-16-15-29-55(63)56-34-33-46(41-64(56)66)65-61-35-31-44(57-37-42-17-7-9-23-49(42)51-25-11-13-27-53(51)57)39-59(61)60-40-45(32-36-62(60)65)58-38-43-18-8-10-24-50(43)52-26-12-14-28-54(52)58/h1-41H. The van der Waals surface area contributed by atoms with Crippen LogP contribution >= 0.6 is 0 Å². The normalized spacial score (nSPS) is 13.0. The van der Waals surface area contributed by atoms with Crippen LogP contribution in [-0.4, -0.2) is 12.6 Å². The molecule has 0 fully saturated rings. The summed E-state index contributed by atoms with van der Waals surface area (Å²) in [6, 6.07) is 93.7. The van der Waals surface area contributed by atoms with Crippen molar-refractivity contribution in [1.82, 2.24) is 4.57 Å². The molecule has 1 aliphatic heterocycles. The largest absolute Gasteiger partial charge is 0.309 e. The zero-order valence-corrected chi connectivity index (χ0v) is 37.1. The zero-order chi connectivity index (χ0) is 43.3. The van der Waals surface area contributed by atoms with Crippen molar-refractivity contribution in [3.63, 3.8) is 0 Å². The predicted octanol–water partition coefficient (Wildman–Crippen LogP) is 14.1. The van der Waals surface area contributed by atoms with Gasteiger partial charge in [0.1, 0.15) is 0 Å². The Bertz CT molecular complexity index is 3890. The van der Waals surface area contributed by atoms with Gasteiger partial charge in [0.05, 0.1) is 11.0 Å². The summed E-state index contributed by atoms with van der Waals surface area (Å²) in [6.45, 7) is 0. The molecule has 2 heterocycles. The molecule has 2 heteroatoms. The third-order valence-corrected chi connectivity index (χ3v) is 19.5. The number of hydrogen-bond donors (Lipinski definition) is 0. The van der Waals surface area contributed by atoms with Gasteiger partial charge in [-0.05, 0) is 146 Å². The van der Waals surface area contributed by atoms with Gasteiger partial charge in [0.25, 0.3) is 0 Å². The molecular formula is C64H41NSi. The molecule has 0 amide bonds. The SMILES string of the molecule is c1ccc([Si]2(c3ccccc3)c3ccccc3-c3ccc(-n4c5ccc(-c6cc7ccccc7c7ccccc67)cc5c5cc(-c6cc7ccccc7c7ccccc67)ccc54)cc32)cc1. The Morgan fingerprint density at radius 1 is 0.258 bits per heavy atom. The van der Waals surface area contributed by atoms with Gasteiger partial charge in [0.15, 0.2) is 8.07 Å². The lowest BCUT2D eigenvalue weighted by molar-refractivity contribution is 1.18. The maximum atomic E-state index is 2.55. The topological polar surface area (TPSA) is 4.93 Å². The molecule has 0 N–H and O–H groups in total. The molecule has 0 aliphatic carbocycles. The van der Waals surface area contributed by atoms with E-state index in [1.807, 2.05) is 0 Å². The summed E-state index contributed by atoms with van der Waals surface area (Å²) in [5.41, 5.74) is 11.2. The fraction of sp³-hybridized carbons (Fsp3) is 0. The van der Waals surface area contributed by atoms with Crippen LogP contribution in [-0.2, 0) is 0 Å². The van der Waals surface area contributed by atoms with E-state index in [9.17, 15) is 0 Å². The highest BCUT2D eigenvalue weighted by molar-refractivity contribution is 7.22. The van der Waals surface area contributed by atoms with Gasteiger partial charge in [-0.3, -0.25) is 0 Å². The third-order valence-electron chi connectivity index (χ3n) is 14.6. The molecule has 14 rings (SSSR count). The van der Waals surface area contributed by atoms with E-state index in [1.54, 1.807) is 0 Å². The van der Waals surface area contributed by atoms with Crippen molar-refractivity contribution in [1.29, 1.82) is 0 Å². The number of nitrogens with zero attached hydrogens (tertiary/aromatic N) is 1. The van der Waals surface area contributed by atoms with Crippen molar-refractivity contribution in [2.24, 2.45) is 0 Å². The maximum Gasteiger partial charge on any atom is 0.180 e. The van der Waals surface area contributed by atoms with Gasteiger partial charge < -0.3 is 4.57 Å². The van der Waals surface area contributed by atoms with Crippen molar-refractivity contribution in [3.05, 3.63) is 249 Å². The Labute approximate surface area is 384 Å². The molecule has 1 nitrogen and oxygen atoms in total. The Balaban J connectivity index is 1.06. The monoisotopic (exact) mass is 851 g/mol. The fourth-order valence-electron chi connectivity index (χ4n) is 11.8. The van der Waals surface area contributed by atoms with Crippen molar-refractivity contribution in [2.45, 2.75) is 0 Å². The third kappa shape index (κ3) is 5.28. The van der Waals surface area contributed by atoms with Gasteiger partial charge in [0.2, 0.25) is 0 Å². The maximum absolute atomic E-state index is 2.72. The summed E-state index contributed by atoms with van der Waals surface area (Å²) in [5.74, 6) is 0. The first-order chi connectivity index (χ1) is 32.7. The molecule has 0 radical (unpaired) electrons. The van der Waals surface area contributed by atoms with E-state index in [0.717, 1.165) is 0 Å². The molecule has 0 bridgehead atoms. The number of rotatable bonds is 5. The van der Waals surface area contributed by atoms with Crippen molar-refractivity contribution in [2.75, 3.05) is 0 Å². The first-order valence-electron chi connectivity index (χ1n) is 23.0. The minimum atomic E-state index is -2.72. The highest BCUT2D eigenvalue weighted by atomic mass is 28.3. The van der Waals surface area contributed by atoms with E-state index in [4.69, 9.17) is 0 Å². The first kappa shape index (κ1) is 37.1. The van der Waals surface area contributed by atoms with E-state index >= 15 is 0 Å². The molecule has 0 saturated carbocycles. The molecule has 0 saturated heterocycles. The van der Waals surface area contributed by atoms with Crippen molar-refractivity contribution in [3.8, 4) is 39.1 Å². The molecule has 13 aromatic rings. The van der Waals surface area contributed by atoms with Crippen molar-refractivity contribution >= 4 is 93.7 Å². The van der Waals surface area contributed by atoms with Crippen LogP contribution in [0.3, 0.4) is 0 Å². The molecule has 66 heavy (non-hydrogen) atoms. The second kappa shape index (κ2) is 14.4. The predicted molar refractivity (Wildman–Crippen MR) is 284 cm³/mol. The van der Waals surface area contributed by atoms with Crippen LogP contribution in [0.15, 0.2) is 249 Å². The van der Waals surface area contributed by atoms with Gasteiger partial charge >= 0.3 is 0 Å². The second-order valence-corrected chi connectivity index (χ2v) is 21.7. The number of aromatic nitrogens is 1. The molecule has 0 spiro atoms. The highest BCUT2D eigenvalue weighted by Gasteiger charge is 2.48. The van der Waals surface area contributed by atoms with Gasteiger partial charge in [-0.2, -0.15) is 0 Å². The van der Waals surface area contributed by atoms with Crippen LogP contribution in [0.25, 0.3) is 104 Å². The number of fused-ring (bicyclic) bond motifs is 12. The van der Waals surface area contributed by atoms with E-state index in [2.05, 4.69) is 253 Å². The summed E-state index contributed by atoms with van der Waals surface area (Å²) < 4.78 is 2.54. The lowest BCUT2D eigenvalue weighted by Gasteiger charge is -2.31. The molecule has 1 aliphatic rings. The Kier molecular flexibility index (Phi) is 8.07. The molecule has 0 atom stereocenters. The summed E-state index contributed by atoms with van der Waals surface area (Å²) in [5, 5.41) is 18.3. The lowest BCUT2D eigenvalue weighted by atomic mass is 9.92. The Morgan fingerprint density at radius 2 is 0.697 bits per heavy atom. The molecular weight excluding hydrogens is 811 g/mol. The van der Waals surface area contributed by atoms with E-state index < -0.39 is 8.07 Å². The summed E-state index contributed by atoms with van der Waals surface area (Å²) in [7, 11) is -2.72. The summed E-state index contributed by atoms with van der Waals surface area (Å²) >= 11 is 0. The van der Waals surface area contributed by atoms with E-state index in [1.165, 1.54) is 125 Å². The van der Waals surface area contributed by atoms with Crippen LogP contribution in [0, 0.1) is 0 Å². The van der Waals surface area contributed by atoms with Crippen molar-refractivity contribution < 1.29 is 0 Å². The van der Waals surface area contributed by atoms with Crippen LogP contribution in [0.1, 0.15) is 0 Å². The average Bonchev–Trinajstić information content (AvgIpc) is 3.88. The average molecular weight is 852 g/mol. The number of hydrogen-bond acceptors (Lipinski definition) is 0. The molecule has 12 aromatic carbocycles. The Morgan fingerprint density at radius 3 is 1.24 bits per heavy atom. The Hall–Kier alpha value is -8.30. The molecule has 306 valence electrons. The number of benzene rings is 12. The quantitative estimate of drug-likeness (QED) is 0.120. The van der Waals surface area contributed by atoms with Gasteiger partial charge in [0, 0.05) is 16.5 Å². The fourth-order valence-corrected chi connectivity index (χ4v) is 17.0. The molecule has 0 unspecified atom stereocenters. The second-order valence-electron chi connectivity index (χ2n) is 17.9. The van der Waals surface area contributed by atoms with Crippen LogP contribution in [0.2, 0.25) is 0 Å². The van der Waals surface area contributed by atoms with Gasteiger partial charge in [-0.25, -0.2) is 0 Å². The van der Waals surface area contributed by atoms with Crippen LogP contribution < -0.4 is 20.7 Å². The minimum absolute atomic E-state index is 1.18. The van der Waals surface area contributed by atoms with Crippen LogP contribution in [0.5, 0.6) is 0 Å². The smallest absolute Gasteiger partial charge is 0.180 e. The van der Waals surface area contributed by atoms with Gasteiger partial charge in [-0.1, -0.05) is 200 Å². The summed E-state index contributed by atoms with van der Waals surface area (Å²) in [4.78, 5) is 0.